The standard InChI is InChI=1S/C17H18O2S/c1-12(2)13-8-10-15(11-9-13)20-16(17(18)19)14-6-4-3-5-7-14/h3-12,16H,1-2H3,(H,18,19)/t16-/m0/s1. The van der Waals surface area contributed by atoms with Gasteiger partial charge in [-0.2, -0.15) is 0 Å². The zero-order chi connectivity index (χ0) is 14.5. The van der Waals surface area contributed by atoms with Gasteiger partial charge in [-0.05, 0) is 29.2 Å². The molecule has 0 aromatic heterocycles. The second kappa shape index (κ2) is 6.62. The molecule has 3 heteroatoms. The van der Waals surface area contributed by atoms with Gasteiger partial charge in [-0.25, -0.2) is 0 Å². The van der Waals surface area contributed by atoms with Gasteiger partial charge < -0.3 is 5.11 Å². The number of aliphatic carboxylic acids is 1. The van der Waals surface area contributed by atoms with E-state index >= 15 is 0 Å². The number of hydrogen-bond donors (Lipinski definition) is 1. The minimum atomic E-state index is -0.811. The van der Waals surface area contributed by atoms with Crippen LogP contribution in [0.15, 0.2) is 59.5 Å². The van der Waals surface area contributed by atoms with Crippen molar-refractivity contribution in [3.05, 3.63) is 65.7 Å². The maximum absolute atomic E-state index is 11.5. The van der Waals surface area contributed by atoms with Crippen LogP contribution in [-0.2, 0) is 4.79 Å². The van der Waals surface area contributed by atoms with E-state index in [-0.39, 0.29) is 0 Å². The average molecular weight is 286 g/mol. The predicted octanol–water partition coefficient (Wildman–Crippen LogP) is 4.73. The number of thioether (sulfide) groups is 1. The van der Waals surface area contributed by atoms with Gasteiger partial charge >= 0.3 is 5.97 Å². The van der Waals surface area contributed by atoms with Crippen LogP contribution in [0.2, 0.25) is 0 Å². The Hall–Kier alpha value is -1.74. The van der Waals surface area contributed by atoms with E-state index in [1.54, 1.807) is 0 Å². The summed E-state index contributed by atoms with van der Waals surface area (Å²) in [6, 6.07) is 17.5. The average Bonchev–Trinajstić information content (AvgIpc) is 2.46. The Bertz CT molecular complexity index is 561. The lowest BCUT2D eigenvalue weighted by atomic mass is 10.0. The summed E-state index contributed by atoms with van der Waals surface area (Å²) in [6.45, 7) is 4.29. The van der Waals surface area contributed by atoms with E-state index in [4.69, 9.17) is 0 Å². The maximum Gasteiger partial charge on any atom is 0.321 e. The third-order valence-corrected chi connectivity index (χ3v) is 4.38. The highest BCUT2D eigenvalue weighted by Gasteiger charge is 2.20. The maximum atomic E-state index is 11.5. The first-order valence-electron chi connectivity index (χ1n) is 6.62. The number of carbonyl (C=O) groups is 1. The van der Waals surface area contributed by atoms with Crippen molar-refractivity contribution in [3.63, 3.8) is 0 Å². The van der Waals surface area contributed by atoms with Crippen LogP contribution in [-0.4, -0.2) is 11.1 Å². The van der Waals surface area contributed by atoms with Gasteiger partial charge in [-0.1, -0.05) is 56.3 Å². The molecule has 0 aliphatic rings. The van der Waals surface area contributed by atoms with Crippen LogP contribution in [0.5, 0.6) is 0 Å². The van der Waals surface area contributed by atoms with Crippen molar-refractivity contribution in [2.75, 3.05) is 0 Å². The molecule has 2 rings (SSSR count). The summed E-state index contributed by atoms with van der Waals surface area (Å²) in [6.07, 6.45) is 0. The third-order valence-electron chi connectivity index (χ3n) is 3.13. The molecule has 0 bridgehead atoms. The Balaban J connectivity index is 2.19. The van der Waals surface area contributed by atoms with Gasteiger partial charge in [0.05, 0.1) is 0 Å². The van der Waals surface area contributed by atoms with Crippen molar-refractivity contribution in [3.8, 4) is 0 Å². The summed E-state index contributed by atoms with van der Waals surface area (Å²) < 4.78 is 0. The molecule has 0 saturated carbocycles. The first kappa shape index (κ1) is 14.7. The number of hydrogen-bond acceptors (Lipinski definition) is 2. The SMILES string of the molecule is CC(C)c1ccc(S[C@H](C(=O)O)c2ccccc2)cc1. The van der Waals surface area contributed by atoms with Gasteiger partial charge in [0.25, 0.3) is 0 Å². The van der Waals surface area contributed by atoms with Crippen molar-refractivity contribution in [1.29, 1.82) is 0 Å². The van der Waals surface area contributed by atoms with E-state index in [9.17, 15) is 9.90 Å². The third kappa shape index (κ3) is 3.64. The highest BCUT2D eigenvalue weighted by molar-refractivity contribution is 8.00. The number of rotatable bonds is 5. The van der Waals surface area contributed by atoms with E-state index in [0.717, 1.165) is 10.5 Å². The minimum Gasteiger partial charge on any atom is -0.480 e. The topological polar surface area (TPSA) is 37.3 Å². The van der Waals surface area contributed by atoms with Gasteiger partial charge in [0, 0.05) is 4.90 Å². The number of carboxylic acids is 1. The van der Waals surface area contributed by atoms with E-state index in [0.29, 0.717) is 5.92 Å². The van der Waals surface area contributed by atoms with Gasteiger partial charge in [0.2, 0.25) is 0 Å². The van der Waals surface area contributed by atoms with E-state index in [2.05, 4.69) is 26.0 Å². The Morgan fingerprint density at radius 1 is 0.950 bits per heavy atom. The molecule has 0 radical (unpaired) electrons. The molecule has 2 aromatic rings. The summed E-state index contributed by atoms with van der Waals surface area (Å²) in [4.78, 5) is 12.4. The second-order valence-corrected chi connectivity index (χ2v) is 6.15. The lowest BCUT2D eigenvalue weighted by molar-refractivity contribution is -0.136. The highest BCUT2D eigenvalue weighted by Crippen LogP contribution is 2.35. The molecule has 0 fully saturated rings. The largest absolute Gasteiger partial charge is 0.480 e. The summed E-state index contributed by atoms with van der Waals surface area (Å²) in [5.74, 6) is -0.326. The van der Waals surface area contributed by atoms with Crippen LogP contribution in [0.4, 0.5) is 0 Å². The van der Waals surface area contributed by atoms with Crippen molar-refractivity contribution < 1.29 is 9.90 Å². The van der Waals surface area contributed by atoms with Crippen LogP contribution in [0, 0.1) is 0 Å². The van der Waals surface area contributed by atoms with E-state index < -0.39 is 11.2 Å². The normalized spacial score (nSPS) is 12.3. The Labute approximate surface area is 123 Å². The molecule has 0 spiro atoms. The van der Waals surface area contributed by atoms with Gasteiger partial charge in [-0.3, -0.25) is 4.79 Å². The van der Waals surface area contributed by atoms with Crippen LogP contribution in [0.25, 0.3) is 0 Å². The van der Waals surface area contributed by atoms with E-state index in [1.165, 1.54) is 17.3 Å². The highest BCUT2D eigenvalue weighted by atomic mass is 32.2. The fourth-order valence-electron chi connectivity index (χ4n) is 1.96. The summed E-state index contributed by atoms with van der Waals surface area (Å²) in [7, 11) is 0. The van der Waals surface area contributed by atoms with Crippen molar-refractivity contribution in [2.45, 2.75) is 29.9 Å². The van der Waals surface area contributed by atoms with Crippen molar-refractivity contribution in [1.82, 2.24) is 0 Å². The zero-order valence-electron chi connectivity index (χ0n) is 11.6. The second-order valence-electron chi connectivity index (χ2n) is 4.97. The number of benzene rings is 2. The molecule has 1 N–H and O–H groups in total. The molecule has 20 heavy (non-hydrogen) atoms. The number of carboxylic acid groups (broad SMARTS) is 1. The predicted molar refractivity (Wildman–Crippen MR) is 83.2 cm³/mol. The molecule has 104 valence electrons. The Morgan fingerprint density at radius 3 is 2.05 bits per heavy atom. The molecular weight excluding hydrogens is 268 g/mol. The molecule has 0 saturated heterocycles. The van der Waals surface area contributed by atoms with Gasteiger partial charge in [-0.15, -0.1) is 11.8 Å². The van der Waals surface area contributed by atoms with Crippen LogP contribution in [0.3, 0.4) is 0 Å². The van der Waals surface area contributed by atoms with Crippen LogP contribution >= 0.6 is 11.8 Å². The van der Waals surface area contributed by atoms with Gasteiger partial charge in [0.15, 0.2) is 0 Å². The van der Waals surface area contributed by atoms with Crippen LogP contribution < -0.4 is 0 Å². The molecule has 0 aliphatic carbocycles. The minimum absolute atomic E-state index is 0.485. The van der Waals surface area contributed by atoms with Crippen molar-refractivity contribution in [2.24, 2.45) is 0 Å². The molecule has 1 atom stereocenters. The van der Waals surface area contributed by atoms with Gasteiger partial charge in [0.1, 0.15) is 5.25 Å². The molecule has 2 nitrogen and oxygen atoms in total. The molecule has 0 amide bonds. The quantitative estimate of drug-likeness (QED) is 0.807. The Kier molecular flexibility index (Phi) is 4.85. The lowest BCUT2D eigenvalue weighted by Gasteiger charge is -2.13. The zero-order valence-corrected chi connectivity index (χ0v) is 12.4. The molecule has 2 aromatic carbocycles. The monoisotopic (exact) mass is 286 g/mol. The van der Waals surface area contributed by atoms with Crippen molar-refractivity contribution >= 4 is 17.7 Å². The summed E-state index contributed by atoms with van der Waals surface area (Å²) >= 11 is 1.37. The summed E-state index contributed by atoms with van der Waals surface area (Å²) in [5.41, 5.74) is 2.08. The molecule has 0 unspecified atom stereocenters. The fourth-order valence-corrected chi connectivity index (χ4v) is 2.92. The first-order valence-corrected chi connectivity index (χ1v) is 7.50. The van der Waals surface area contributed by atoms with E-state index in [1.807, 2.05) is 42.5 Å². The fraction of sp³-hybridized carbons (Fsp3) is 0.235. The molecular formula is C17H18O2S. The lowest BCUT2D eigenvalue weighted by Crippen LogP contribution is -2.07. The Morgan fingerprint density at radius 2 is 1.55 bits per heavy atom. The molecule has 0 heterocycles. The molecule has 0 aliphatic heterocycles. The first-order chi connectivity index (χ1) is 9.58. The summed E-state index contributed by atoms with van der Waals surface area (Å²) in [5, 5.41) is 8.84. The van der Waals surface area contributed by atoms with Crippen LogP contribution in [0.1, 0.15) is 36.1 Å². The smallest absolute Gasteiger partial charge is 0.321 e.